The molecule has 1 aromatic rings. The Kier molecular flexibility index (Phi) is 3.66. The smallest absolute Gasteiger partial charge is 0.160 e. The van der Waals surface area contributed by atoms with Crippen LogP contribution in [0.1, 0.15) is 16.6 Å². The first-order valence-electron chi connectivity index (χ1n) is 4.32. The number of aldehydes is 1. The predicted octanol–water partition coefficient (Wildman–Crippen LogP) is 2.16. The predicted molar refractivity (Wildman–Crippen MR) is 57.8 cm³/mol. The van der Waals surface area contributed by atoms with Crippen LogP contribution in [0.15, 0.2) is 11.4 Å². The van der Waals surface area contributed by atoms with Crippen molar-refractivity contribution in [2.45, 2.75) is 6.92 Å². The molecular formula is C10H12N2OS. The highest BCUT2D eigenvalue weighted by atomic mass is 32.1. The van der Waals surface area contributed by atoms with Crippen molar-refractivity contribution in [1.29, 1.82) is 5.26 Å². The molecule has 0 aliphatic carbocycles. The second-order valence-electron chi connectivity index (χ2n) is 3.24. The van der Waals surface area contributed by atoms with Crippen molar-refractivity contribution < 1.29 is 4.79 Å². The number of nitrogens with zero attached hydrogens (tertiary/aromatic N) is 2. The zero-order valence-corrected chi connectivity index (χ0v) is 9.04. The fourth-order valence-corrected chi connectivity index (χ4v) is 1.91. The van der Waals surface area contributed by atoms with E-state index in [1.165, 1.54) is 11.3 Å². The molecule has 74 valence electrons. The number of nitriles is 1. The SMILES string of the molecule is CC(C#N)CN(C)c1csc(C=O)c1. The van der Waals surface area contributed by atoms with Crippen molar-refractivity contribution in [3.63, 3.8) is 0 Å². The van der Waals surface area contributed by atoms with Crippen LogP contribution in [-0.4, -0.2) is 19.9 Å². The number of anilines is 1. The molecule has 1 atom stereocenters. The number of carbonyl (C=O) groups is 1. The molecule has 14 heavy (non-hydrogen) atoms. The van der Waals surface area contributed by atoms with E-state index in [9.17, 15) is 4.79 Å². The van der Waals surface area contributed by atoms with E-state index in [-0.39, 0.29) is 5.92 Å². The largest absolute Gasteiger partial charge is 0.373 e. The second kappa shape index (κ2) is 4.77. The molecule has 0 saturated carbocycles. The maximum Gasteiger partial charge on any atom is 0.160 e. The fraction of sp³-hybridized carbons (Fsp3) is 0.400. The van der Waals surface area contributed by atoms with Crippen molar-refractivity contribution >= 4 is 23.3 Å². The molecule has 0 N–H and O–H groups in total. The minimum Gasteiger partial charge on any atom is -0.373 e. The van der Waals surface area contributed by atoms with Gasteiger partial charge >= 0.3 is 0 Å². The minimum atomic E-state index is -0.000388. The summed E-state index contributed by atoms with van der Waals surface area (Å²) < 4.78 is 0. The van der Waals surface area contributed by atoms with Gasteiger partial charge in [-0.3, -0.25) is 4.79 Å². The Morgan fingerprint density at radius 3 is 3.00 bits per heavy atom. The summed E-state index contributed by atoms with van der Waals surface area (Å²) in [6, 6.07) is 4.01. The van der Waals surface area contributed by atoms with E-state index in [0.29, 0.717) is 6.54 Å². The first-order valence-corrected chi connectivity index (χ1v) is 5.19. The lowest BCUT2D eigenvalue weighted by Gasteiger charge is -2.18. The maximum absolute atomic E-state index is 10.5. The molecule has 1 unspecified atom stereocenters. The Hall–Kier alpha value is -1.34. The molecular weight excluding hydrogens is 196 g/mol. The third-order valence-corrected chi connectivity index (χ3v) is 2.78. The van der Waals surface area contributed by atoms with Crippen molar-refractivity contribution in [3.05, 3.63) is 16.3 Å². The molecule has 0 aromatic carbocycles. The van der Waals surface area contributed by atoms with E-state index in [1.54, 1.807) is 0 Å². The molecule has 0 aliphatic heterocycles. The maximum atomic E-state index is 10.5. The third-order valence-electron chi connectivity index (χ3n) is 1.93. The third kappa shape index (κ3) is 2.57. The van der Waals surface area contributed by atoms with Gasteiger partial charge in [-0.25, -0.2) is 0 Å². The summed E-state index contributed by atoms with van der Waals surface area (Å²) in [6.45, 7) is 2.56. The average molecular weight is 208 g/mol. The topological polar surface area (TPSA) is 44.1 Å². The van der Waals surface area contributed by atoms with E-state index in [0.717, 1.165) is 16.9 Å². The molecule has 0 aliphatic rings. The molecule has 0 fully saturated rings. The molecule has 0 saturated heterocycles. The first kappa shape index (κ1) is 10.7. The zero-order valence-electron chi connectivity index (χ0n) is 8.23. The number of carbonyl (C=O) groups excluding carboxylic acids is 1. The quantitative estimate of drug-likeness (QED) is 0.712. The average Bonchev–Trinajstić information content (AvgIpc) is 2.65. The van der Waals surface area contributed by atoms with Gasteiger partial charge in [0.05, 0.1) is 16.9 Å². The van der Waals surface area contributed by atoms with Gasteiger partial charge in [-0.2, -0.15) is 5.26 Å². The van der Waals surface area contributed by atoms with E-state index in [1.807, 2.05) is 30.3 Å². The molecule has 4 heteroatoms. The van der Waals surface area contributed by atoms with Gasteiger partial charge in [-0.15, -0.1) is 11.3 Å². The lowest BCUT2D eigenvalue weighted by atomic mass is 10.2. The van der Waals surface area contributed by atoms with Gasteiger partial charge in [0.25, 0.3) is 0 Å². The van der Waals surface area contributed by atoms with Crippen LogP contribution in [0.3, 0.4) is 0 Å². The van der Waals surface area contributed by atoms with E-state index < -0.39 is 0 Å². The summed E-state index contributed by atoms with van der Waals surface area (Å²) in [5, 5.41) is 10.6. The normalized spacial score (nSPS) is 11.8. The lowest BCUT2D eigenvalue weighted by Crippen LogP contribution is -2.22. The highest BCUT2D eigenvalue weighted by molar-refractivity contribution is 7.12. The highest BCUT2D eigenvalue weighted by Gasteiger charge is 2.07. The van der Waals surface area contributed by atoms with Crippen LogP contribution in [0.2, 0.25) is 0 Å². The van der Waals surface area contributed by atoms with Crippen molar-refractivity contribution in [1.82, 2.24) is 0 Å². The van der Waals surface area contributed by atoms with Crippen LogP contribution in [0, 0.1) is 17.2 Å². The van der Waals surface area contributed by atoms with Crippen LogP contribution in [0.25, 0.3) is 0 Å². The molecule has 0 spiro atoms. The summed E-state index contributed by atoms with van der Waals surface area (Å²) in [4.78, 5) is 13.2. The van der Waals surface area contributed by atoms with Crippen LogP contribution < -0.4 is 4.90 Å². The van der Waals surface area contributed by atoms with Crippen molar-refractivity contribution in [2.24, 2.45) is 5.92 Å². The Bertz CT molecular complexity index is 353. The standard InChI is InChI=1S/C10H12N2OS/c1-8(4-11)5-12(2)9-3-10(6-13)14-7-9/h3,6-8H,5H2,1-2H3. The van der Waals surface area contributed by atoms with E-state index >= 15 is 0 Å². The fourth-order valence-electron chi connectivity index (χ4n) is 1.16. The van der Waals surface area contributed by atoms with Crippen LogP contribution in [0.4, 0.5) is 5.69 Å². The number of rotatable bonds is 4. The van der Waals surface area contributed by atoms with Gasteiger partial charge in [-0.1, -0.05) is 0 Å². The van der Waals surface area contributed by atoms with E-state index in [4.69, 9.17) is 5.26 Å². The van der Waals surface area contributed by atoms with Gasteiger partial charge in [0, 0.05) is 24.7 Å². The summed E-state index contributed by atoms with van der Waals surface area (Å²) in [7, 11) is 1.92. The van der Waals surface area contributed by atoms with Crippen LogP contribution >= 0.6 is 11.3 Å². The van der Waals surface area contributed by atoms with Gasteiger partial charge in [0.1, 0.15) is 0 Å². The van der Waals surface area contributed by atoms with Gasteiger partial charge < -0.3 is 4.90 Å². The monoisotopic (exact) mass is 208 g/mol. The molecule has 1 aromatic heterocycles. The summed E-state index contributed by atoms with van der Waals surface area (Å²) >= 11 is 1.42. The lowest BCUT2D eigenvalue weighted by molar-refractivity contribution is 0.112. The Morgan fingerprint density at radius 2 is 2.50 bits per heavy atom. The molecule has 0 bridgehead atoms. The zero-order chi connectivity index (χ0) is 10.6. The minimum absolute atomic E-state index is 0.000388. The van der Waals surface area contributed by atoms with Gasteiger partial charge in [0.15, 0.2) is 6.29 Å². The van der Waals surface area contributed by atoms with E-state index in [2.05, 4.69) is 6.07 Å². The molecule has 3 nitrogen and oxygen atoms in total. The molecule has 1 heterocycles. The van der Waals surface area contributed by atoms with Crippen molar-refractivity contribution in [3.8, 4) is 6.07 Å². The van der Waals surface area contributed by atoms with Gasteiger partial charge in [0.2, 0.25) is 0 Å². The number of thiophene rings is 1. The van der Waals surface area contributed by atoms with Crippen LogP contribution in [0.5, 0.6) is 0 Å². The Morgan fingerprint density at radius 1 is 1.79 bits per heavy atom. The highest BCUT2D eigenvalue weighted by Crippen LogP contribution is 2.21. The number of hydrogen-bond donors (Lipinski definition) is 0. The summed E-state index contributed by atoms with van der Waals surface area (Å²) in [5.74, 6) is -0.000388. The summed E-state index contributed by atoms with van der Waals surface area (Å²) in [5.41, 5.74) is 0.999. The molecule has 0 amide bonds. The van der Waals surface area contributed by atoms with Crippen LogP contribution in [-0.2, 0) is 0 Å². The van der Waals surface area contributed by atoms with Gasteiger partial charge in [-0.05, 0) is 13.0 Å². The summed E-state index contributed by atoms with van der Waals surface area (Å²) in [6.07, 6.45) is 0.843. The Labute approximate surface area is 87.6 Å². The number of hydrogen-bond acceptors (Lipinski definition) is 4. The first-order chi connectivity index (χ1) is 6.67. The molecule has 0 radical (unpaired) electrons. The van der Waals surface area contributed by atoms with Crippen molar-refractivity contribution in [2.75, 3.05) is 18.5 Å². The molecule has 1 rings (SSSR count). The Balaban J connectivity index is 2.65. The second-order valence-corrected chi connectivity index (χ2v) is 4.18.